The van der Waals surface area contributed by atoms with Crippen molar-refractivity contribution in [1.29, 1.82) is 0 Å². The van der Waals surface area contributed by atoms with Crippen LogP contribution in [0.4, 0.5) is 0 Å². The van der Waals surface area contributed by atoms with Crippen LogP contribution in [0.15, 0.2) is 29.5 Å². The van der Waals surface area contributed by atoms with Crippen molar-refractivity contribution in [2.75, 3.05) is 6.54 Å². The van der Waals surface area contributed by atoms with Gasteiger partial charge in [0, 0.05) is 13.3 Å². The fourth-order valence-electron chi connectivity index (χ4n) is 2.29. The average molecular weight is 265 g/mol. The molecule has 0 aromatic carbocycles. The smallest absolute Gasteiger partial charge is 0.209 e. The number of unbranched alkanes of at least 4 members (excludes halogenated alkanes) is 2. The Labute approximate surface area is 114 Å². The molecule has 1 rings (SSSR count). The predicted molar refractivity (Wildman–Crippen MR) is 73.6 cm³/mol. The highest BCUT2D eigenvalue weighted by molar-refractivity contribution is 5.81. The van der Waals surface area contributed by atoms with Gasteiger partial charge < -0.3 is 9.90 Å². The quantitative estimate of drug-likeness (QED) is 0.402. The zero-order chi connectivity index (χ0) is 14.3. The first kappa shape index (κ1) is 15.6. The zero-order valence-electron chi connectivity index (χ0n) is 11.7. The van der Waals surface area contributed by atoms with Gasteiger partial charge in [0.05, 0.1) is 12.2 Å². The minimum atomic E-state index is -1.11. The Kier molecular flexibility index (Phi) is 5.92. The molecule has 0 spiro atoms. The van der Waals surface area contributed by atoms with Crippen LogP contribution in [0, 0.1) is 0 Å². The molecule has 106 valence electrons. The van der Waals surface area contributed by atoms with Crippen molar-refractivity contribution in [2.45, 2.75) is 45.7 Å². The van der Waals surface area contributed by atoms with Crippen molar-refractivity contribution in [1.82, 2.24) is 0 Å². The molecule has 0 aliphatic carbocycles. The Hall–Kier alpha value is -1.46. The molecule has 1 heterocycles. The molecule has 2 unspecified atom stereocenters. The van der Waals surface area contributed by atoms with Crippen LogP contribution in [0.5, 0.6) is 0 Å². The van der Waals surface area contributed by atoms with Gasteiger partial charge in [-0.2, -0.15) is 0 Å². The first-order valence-electron chi connectivity index (χ1n) is 6.72. The number of nitrogens with zero attached hydrogens (tertiary/aromatic N) is 2. The van der Waals surface area contributed by atoms with E-state index in [4.69, 9.17) is 5.73 Å². The van der Waals surface area contributed by atoms with Gasteiger partial charge in [0.25, 0.3) is 0 Å². The number of carbonyl (C=O) groups is 1. The molecule has 2 N–H and O–H groups in total. The standard InChI is InChI=1S/C14H23N3O2/c1-3-4-5-6-7-8-13-16-9-10-17(13,12(2)15)11-14(18)19/h3-4,9-10,12H,5-8,11,15H2,1-2H3/b4-3+. The monoisotopic (exact) mass is 265 g/mol. The summed E-state index contributed by atoms with van der Waals surface area (Å²) in [7, 11) is 0. The van der Waals surface area contributed by atoms with Crippen LogP contribution in [-0.2, 0) is 4.79 Å². The lowest BCUT2D eigenvalue weighted by atomic mass is 10.1. The molecule has 0 saturated carbocycles. The van der Waals surface area contributed by atoms with Crippen molar-refractivity contribution in [3.63, 3.8) is 0 Å². The van der Waals surface area contributed by atoms with E-state index in [0.717, 1.165) is 31.5 Å². The summed E-state index contributed by atoms with van der Waals surface area (Å²) in [6.45, 7) is 3.65. The summed E-state index contributed by atoms with van der Waals surface area (Å²) >= 11 is 0. The summed E-state index contributed by atoms with van der Waals surface area (Å²) in [6.07, 6.45) is 11.1. The molecule has 1 aliphatic rings. The summed E-state index contributed by atoms with van der Waals surface area (Å²) in [6, 6.07) is 0. The first-order valence-corrected chi connectivity index (χ1v) is 6.72. The lowest BCUT2D eigenvalue weighted by molar-refractivity contribution is -0.808. The van der Waals surface area contributed by atoms with Crippen molar-refractivity contribution in [3.8, 4) is 0 Å². The summed E-state index contributed by atoms with van der Waals surface area (Å²) in [5.41, 5.74) is 5.96. The molecular formula is C14H23N3O2. The third-order valence-electron chi connectivity index (χ3n) is 3.41. The molecule has 5 nitrogen and oxygen atoms in total. The molecule has 0 fully saturated rings. The van der Waals surface area contributed by atoms with Crippen molar-refractivity contribution >= 4 is 11.8 Å². The predicted octanol–water partition coefficient (Wildman–Crippen LogP) is 0.878. The minimum absolute atomic E-state index is 0.0892. The van der Waals surface area contributed by atoms with Crippen LogP contribution in [-0.4, -0.2) is 29.0 Å². The Balaban J connectivity index is 2.63. The Morgan fingerprint density at radius 2 is 2.32 bits per heavy atom. The molecule has 0 aromatic heterocycles. The van der Waals surface area contributed by atoms with Gasteiger partial charge >= 0.3 is 0 Å². The van der Waals surface area contributed by atoms with E-state index in [1.807, 2.05) is 13.0 Å². The molecule has 0 radical (unpaired) electrons. The normalized spacial score (nSPS) is 23.8. The van der Waals surface area contributed by atoms with Gasteiger partial charge in [-0.25, -0.2) is 9.48 Å². The van der Waals surface area contributed by atoms with Crippen LogP contribution < -0.4 is 10.8 Å². The summed E-state index contributed by atoms with van der Waals surface area (Å²) in [4.78, 5) is 15.2. The molecule has 0 aromatic rings. The highest BCUT2D eigenvalue weighted by Crippen LogP contribution is 2.22. The molecule has 5 heteroatoms. The Morgan fingerprint density at radius 3 is 2.89 bits per heavy atom. The van der Waals surface area contributed by atoms with Crippen LogP contribution in [0.3, 0.4) is 0 Å². The van der Waals surface area contributed by atoms with E-state index < -0.39 is 5.97 Å². The van der Waals surface area contributed by atoms with Crippen LogP contribution in [0.2, 0.25) is 0 Å². The number of aliphatic imine (C=N–C) groups is 1. The fourth-order valence-corrected chi connectivity index (χ4v) is 2.29. The first-order chi connectivity index (χ1) is 9.03. The number of hydrogen-bond donors (Lipinski definition) is 1. The zero-order valence-corrected chi connectivity index (χ0v) is 11.7. The average Bonchev–Trinajstić information content (AvgIpc) is 2.72. The van der Waals surface area contributed by atoms with Gasteiger partial charge in [-0.15, -0.1) is 0 Å². The maximum Gasteiger partial charge on any atom is 0.209 e. The molecule has 0 bridgehead atoms. The third-order valence-corrected chi connectivity index (χ3v) is 3.41. The number of carbonyl (C=O) groups excluding carboxylic acids is 1. The largest absolute Gasteiger partial charge is 0.544 e. The second kappa shape index (κ2) is 7.21. The fraction of sp³-hybridized carbons (Fsp3) is 0.571. The molecule has 1 aliphatic heterocycles. The van der Waals surface area contributed by atoms with E-state index in [9.17, 15) is 9.90 Å². The summed E-state index contributed by atoms with van der Waals surface area (Å²) in [5.74, 6) is -0.287. The summed E-state index contributed by atoms with van der Waals surface area (Å²) in [5, 5.41) is 10.9. The second-order valence-corrected chi connectivity index (χ2v) is 4.86. The van der Waals surface area contributed by atoms with E-state index >= 15 is 0 Å². The van der Waals surface area contributed by atoms with Gasteiger partial charge in [-0.1, -0.05) is 12.2 Å². The molecule has 0 amide bonds. The minimum Gasteiger partial charge on any atom is -0.544 e. The lowest BCUT2D eigenvalue weighted by Crippen LogP contribution is -2.60. The Bertz CT molecular complexity index is 399. The van der Waals surface area contributed by atoms with E-state index in [-0.39, 0.29) is 17.2 Å². The number of aliphatic carboxylic acids is 1. The van der Waals surface area contributed by atoms with E-state index in [1.54, 1.807) is 19.3 Å². The maximum absolute atomic E-state index is 10.9. The van der Waals surface area contributed by atoms with Crippen molar-refractivity contribution < 1.29 is 14.4 Å². The summed E-state index contributed by atoms with van der Waals surface area (Å²) < 4.78 is 0.0892. The van der Waals surface area contributed by atoms with E-state index in [1.165, 1.54) is 0 Å². The van der Waals surface area contributed by atoms with Crippen molar-refractivity contribution in [2.24, 2.45) is 10.7 Å². The van der Waals surface area contributed by atoms with Gasteiger partial charge in [-0.05, 0) is 26.2 Å². The van der Waals surface area contributed by atoms with Gasteiger partial charge in [0.2, 0.25) is 5.84 Å². The number of nitrogens with two attached hydrogens (primary N) is 1. The van der Waals surface area contributed by atoms with Crippen LogP contribution in [0.25, 0.3) is 0 Å². The number of amidine groups is 1. The molecular weight excluding hydrogens is 242 g/mol. The third kappa shape index (κ3) is 4.01. The molecule has 2 atom stereocenters. The Morgan fingerprint density at radius 1 is 1.58 bits per heavy atom. The van der Waals surface area contributed by atoms with Crippen LogP contribution in [0.1, 0.15) is 39.5 Å². The highest BCUT2D eigenvalue weighted by atomic mass is 16.4. The number of allylic oxidation sites excluding steroid dienone is 2. The SMILES string of the molecule is C/C=C/CCCCC1=NC=C[N+]1(CC(=O)[O-])C(C)N. The topological polar surface area (TPSA) is 78.5 Å². The second-order valence-electron chi connectivity index (χ2n) is 4.86. The highest BCUT2D eigenvalue weighted by Gasteiger charge is 2.38. The molecule has 19 heavy (non-hydrogen) atoms. The van der Waals surface area contributed by atoms with E-state index in [2.05, 4.69) is 11.1 Å². The van der Waals surface area contributed by atoms with Crippen LogP contribution >= 0.6 is 0 Å². The van der Waals surface area contributed by atoms with Gasteiger partial charge in [-0.3, -0.25) is 5.73 Å². The van der Waals surface area contributed by atoms with Gasteiger partial charge in [0.15, 0.2) is 0 Å². The number of carboxylic acids is 1. The molecule has 0 saturated heterocycles. The maximum atomic E-state index is 10.9. The number of rotatable bonds is 8. The number of hydrogen-bond acceptors (Lipinski definition) is 4. The van der Waals surface area contributed by atoms with Crippen molar-refractivity contribution in [3.05, 3.63) is 24.6 Å². The number of carboxylic acid groups (broad SMARTS) is 1. The lowest BCUT2D eigenvalue weighted by Gasteiger charge is -2.36. The number of quaternary nitrogens is 1. The van der Waals surface area contributed by atoms with Gasteiger partial charge in [0.1, 0.15) is 18.9 Å². The van der Waals surface area contributed by atoms with E-state index in [0.29, 0.717) is 0 Å².